The van der Waals surface area contributed by atoms with Crippen molar-refractivity contribution in [2.24, 2.45) is 11.8 Å². The molecule has 2 aromatic rings. The molecular weight excluding hydrogens is 420 g/mol. The number of nitrogens with zero attached hydrogens (tertiary/aromatic N) is 1. The van der Waals surface area contributed by atoms with Crippen LogP contribution >= 0.6 is 0 Å². The Labute approximate surface area is 193 Å². The van der Waals surface area contributed by atoms with Crippen LogP contribution in [0.25, 0.3) is 11.1 Å². The first-order valence-electron chi connectivity index (χ1n) is 11.4. The standard InChI is InChI=1S/C26H30N2O5/c1-16(25(30)31)14-28(2)24(29)13-17-11-18(12-17)27-26(32)33-15-23-21-9-5-3-7-19(21)20-8-4-6-10-22(20)23/h3-10,16-18,23H,11-15H2,1-2H3,(H,27,32)(H,30,31). The summed E-state index contributed by atoms with van der Waals surface area (Å²) in [5.41, 5.74) is 4.73. The van der Waals surface area contributed by atoms with Crippen LogP contribution in [0.2, 0.25) is 0 Å². The summed E-state index contributed by atoms with van der Waals surface area (Å²) in [4.78, 5) is 37.1. The molecule has 174 valence electrons. The fourth-order valence-electron chi connectivity index (χ4n) is 4.82. The smallest absolute Gasteiger partial charge is 0.407 e. The van der Waals surface area contributed by atoms with Crippen molar-refractivity contribution in [3.63, 3.8) is 0 Å². The van der Waals surface area contributed by atoms with Gasteiger partial charge in [-0.1, -0.05) is 55.5 Å². The molecule has 0 radical (unpaired) electrons. The van der Waals surface area contributed by atoms with E-state index in [0.717, 1.165) is 12.8 Å². The number of carboxylic acid groups (broad SMARTS) is 1. The van der Waals surface area contributed by atoms with Crippen LogP contribution in [0.15, 0.2) is 48.5 Å². The lowest BCUT2D eigenvalue weighted by Crippen LogP contribution is -2.46. The molecule has 1 fully saturated rings. The zero-order valence-corrected chi connectivity index (χ0v) is 19.0. The van der Waals surface area contributed by atoms with Crippen LogP contribution in [-0.2, 0) is 14.3 Å². The first-order chi connectivity index (χ1) is 15.8. The molecule has 2 aromatic carbocycles. The van der Waals surface area contributed by atoms with Crippen molar-refractivity contribution in [1.82, 2.24) is 10.2 Å². The summed E-state index contributed by atoms with van der Waals surface area (Å²) in [6.45, 7) is 2.06. The number of nitrogens with one attached hydrogen (secondary N) is 1. The summed E-state index contributed by atoms with van der Waals surface area (Å²) in [5.74, 6) is -1.35. The molecule has 2 N–H and O–H groups in total. The molecule has 33 heavy (non-hydrogen) atoms. The highest BCUT2D eigenvalue weighted by atomic mass is 16.5. The fourth-order valence-corrected chi connectivity index (χ4v) is 4.82. The molecule has 1 atom stereocenters. The molecule has 7 nitrogen and oxygen atoms in total. The molecule has 0 heterocycles. The van der Waals surface area contributed by atoms with E-state index in [0.29, 0.717) is 6.42 Å². The molecule has 0 aromatic heterocycles. The maximum Gasteiger partial charge on any atom is 0.407 e. The van der Waals surface area contributed by atoms with Gasteiger partial charge in [0, 0.05) is 32.0 Å². The zero-order valence-electron chi connectivity index (χ0n) is 19.0. The fraction of sp³-hybridized carbons (Fsp3) is 0.423. The first kappa shape index (κ1) is 22.8. The van der Waals surface area contributed by atoms with E-state index in [1.807, 2.05) is 24.3 Å². The quantitative estimate of drug-likeness (QED) is 0.637. The number of carbonyl (C=O) groups excluding carboxylic acids is 2. The van der Waals surface area contributed by atoms with Crippen molar-refractivity contribution >= 4 is 18.0 Å². The van der Waals surface area contributed by atoms with Crippen LogP contribution in [0.5, 0.6) is 0 Å². The van der Waals surface area contributed by atoms with Crippen LogP contribution in [0, 0.1) is 11.8 Å². The van der Waals surface area contributed by atoms with Crippen LogP contribution < -0.4 is 5.32 Å². The number of ether oxygens (including phenoxy) is 1. The van der Waals surface area contributed by atoms with Crippen LogP contribution in [-0.4, -0.2) is 54.2 Å². The Morgan fingerprint density at radius 3 is 2.21 bits per heavy atom. The average molecular weight is 451 g/mol. The van der Waals surface area contributed by atoms with Gasteiger partial charge in [0.25, 0.3) is 0 Å². The van der Waals surface area contributed by atoms with Gasteiger partial charge >= 0.3 is 12.1 Å². The van der Waals surface area contributed by atoms with Crippen LogP contribution in [0.1, 0.15) is 43.2 Å². The number of hydrogen-bond donors (Lipinski definition) is 2. The molecule has 1 unspecified atom stereocenters. The van der Waals surface area contributed by atoms with Gasteiger partial charge < -0.3 is 20.1 Å². The van der Waals surface area contributed by atoms with E-state index >= 15 is 0 Å². The molecule has 2 aliphatic rings. The van der Waals surface area contributed by atoms with Crippen molar-refractivity contribution in [3.8, 4) is 11.1 Å². The summed E-state index contributed by atoms with van der Waals surface area (Å²) < 4.78 is 5.59. The highest BCUT2D eigenvalue weighted by molar-refractivity contribution is 5.79. The highest BCUT2D eigenvalue weighted by Gasteiger charge is 2.34. The van der Waals surface area contributed by atoms with Gasteiger partial charge in [-0.3, -0.25) is 9.59 Å². The van der Waals surface area contributed by atoms with Gasteiger partial charge in [0.2, 0.25) is 5.91 Å². The van der Waals surface area contributed by atoms with Crippen LogP contribution in [0.3, 0.4) is 0 Å². The van der Waals surface area contributed by atoms with Crippen molar-refractivity contribution in [1.29, 1.82) is 0 Å². The molecule has 0 spiro atoms. The number of fused-ring (bicyclic) bond motifs is 3. The van der Waals surface area contributed by atoms with E-state index in [9.17, 15) is 14.4 Å². The average Bonchev–Trinajstić information content (AvgIpc) is 3.09. The normalized spacial score (nSPS) is 19.6. The van der Waals surface area contributed by atoms with E-state index in [1.165, 1.54) is 27.2 Å². The summed E-state index contributed by atoms with van der Waals surface area (Å²) in [7, 11) is 1.63. The van der Waals surface area contributed by atoms with Gasteiger partial charge in [-0.25, -0.2) is 4.79 Å². The molecule has 0 bridgehead atoms. The van der Waals surface area contributed by atoms with E-state index in [2.05, 4.69) is 29.6 Å². The Balaban J connectivity index is 1.22. The van der Waals surface area contributed by atoms with Gasteiger partial charge in [-0.2, -0.15) is 0 Å². The number of hydrogen-bond acceptors (Lipinski definition) is 4. The van der Waals surface area contributed by atoms with Gasteiger partial charge in [-0.15, -0.1) is 0 Å². The topological polar surface area (TPSA) is 95.9 Å². The summed E-state index contributed by atoms with van der Waals surface area (Å²) in [5, 5.41) is 11.9. The number of carbonyl (C=O) groups is 3. The van der Waals surface area contributed by atoms with E-state index in [4.69, 9.17) is 9.84 Å². The first-order valence-corrected chi connectivity index (χ1v) is 11.4. The van der Waals surface area contributed by atoms with Gasteiger partial charge in [0.05, 0.1) is 5.92 Å². The van der Waals surface area contributed by atoms with E-state index < -0.39 is 18.0 Å². The number of alkyl carbamates (subject to hydrolysis) is 1. The third kappa shape index (κ3) is 5.02. The molecular formula is C26H30N2O5. The third-order valence-corrected chi connectivity index (χ3v) is 6.76. The molecule has 7 heteroatoms. The number of benzene rings is 2. The van der Waals surface area contributed by atoms with Gasteiger partial charge in [-0.05, 0) is 41.0 Å². The van der Waals surface area contributed by atoms with E-state index in [1.54, 1.807) is 14.0 Å². The number of aliphatic carboxylic acids is 1. The highest BCUT2D eigenvalue weighted by Crippen LogP contribution is 2.44. The second-order valence-corrected chi connectivity index (χ2v) is 9.22. The summed E-state index contributed by atoms with van der Waals surface area (Å²) in [6, 6.07) is 16.4. The number of rotatable bonds is 8. The van der Waals surface area contributed by atoms with Gasteiger partial charge in [0.1, 0.15) is 6.61 Å². The third-order valence-electron chi connectivity index (χ3n) is 6.76. The minimum atomic E-state index is -0.911. The molecule has 0 saturated heterocycles. The SMILES string of the molecule is CC(CN(C)C(=O)CC1CC(NC(=O)OCC2c3ccccc3-c3ccccc32)C1)C(=O)O. The molecule has 2 aliphatic carbocycles. The predicted molar refractivity (Wildman–Crippen MR) is 124 cm³/mol. The second kappa shape index (κ2) is 9.65. The summed E-state index contributed by atoms with van der Waals surface area (Å²) >= 11 is 0. The lowest BCUT2D eigenvalue weighted by molar-refractivity contribution is -0.142. The lowest BCUT2D eigenvalue weighted by atomic mass is 9.78. The maximum atomic E-state index is 12.4. The lowest BCUT2D eigenvalue weighted by Gasteiger charge is -2.36. The Morgan fingerprint density at radius 2 is 1.64 bits per heavy atom. The Hall–Kier alpha value is -3.35. The molecule has 1 saturated carbocycles. The Morgan fingerprint density at radius 1 is 1.06 bits per heavy atom. The largest absolute Gasteiger partial charge is 0.481 e. The molecule has 0 aliphatic heterocycles. The second-order valence-electron chi connectivity index (χ2n) is 9.22. The zero-order chi connectivity index (χ0) is 23.5. The Kier molecular flexibility index (Phi) is 6.67. The summed E-state index contributed by atoms with van der Waals surface area (Å²) in [6.07, 6.45) is 1.38. The van der Waals surface area contributed by atoms with Crippen LogP contribution in [0.4, 0.5) is 4.79 Å². The maximum absolute atomic E-state index is 12.4. The monoisotopic (exact) mass is 450 g/mol. The van der Waals surface area contributed by atoms with Gasteiger partial charge in [0.15, 0.2) is 0 Å². The molecule has 4 rings (SSSR count). The Bertz CT molecular complexity index is 1000. The van der Waals surface area contributed by atoms with Crippen molar-refractivity contribution in [2.45, 2.75) is 38.1 Å². The minimum Gasteiger partial charge on any atom is -0.481 e. The molecule has 2 amide bonds. The predicted octanol–water partition coefficient (Wildman–Crippen LogP) is 3.87. The minimum absolute atomic E-state index is 0.00157. The number of amides is 2. The van der Waals surface area contributed by atoms with Crippen molar-refractivity contribution in [2.75, 3.05) is 20.2 Å². The van der Waals surface area contributed by atoms with Crippen molar-refractivity contribution in [3.05, 3.63) is 59.7 Å². The number of carboxylic acids is 1. The van der Waals surface area contributed by atoms with Crippen molar-refractivity contribution < 1.29 is 24.2 Å². The van der Waals surface area contributed by atoms with E-state index in [-0.39, 0.29) is 36.9 Å².